The van der Waals surface area contributed by atoms with Crippen molar-refractivity contribution in [3.05, 3.63) is 20.3 Å². The fourth-order valence-electron chi connectivity index (χ4n) is 3.65. The topological polar surface area (TPSA) is 32.3 Å². The van der Waals surface area contributed by atoms with Crippen LogP contribution in [0.2, 0.25) is 0 Å². The molecule has 0 spiro atoms. The summed E-state index contributed by atoms with van der Waals surface area (Å²) >= 11 is 5.51. The summed E-state index contributed by atoms with van der Waals surface area (Å²) in [5.41, 5.74) is 1.52. The van der Waals surface area contributed by atoms with Crippen LogP contribution in [0.15, 0.2) is 9.85 Å². The molecule has 0 aromatic carbocycles. The first-order valence-electron chi connectivity index (χ1n) is 7.40. The Kier molecular flexibility index (Phi) is 4.62. The molecule has 2 aliphatic rings. The first kappa shape index (κ1) is 14.1. The molecular formula is C15H22BrNOS. The van der Waals surface area contributed by atoms with Gasteiger partial charge in [-0.1, -0.05) is 6.42 Å². The lowest BCUT2D eigenvalue weighted by atomic mass is 9.92. The predicted octanol–water partition coefficient (Wildman–Crippen LogP) is 3.89. The highest BCUT2D eigenvalue weighted by Crippen LogP contribution is 2.38. The van der Waals surface area contributed by atoms with Crippen LogP contribution in [0.5, 0.6) is 0 Å². The summed E-state index contributed by atoms with van der Waals surface area (Å²) in [7, 11) is 0. The zero-order valence-corrected chi connectivity index (χ0v) is 13.6. The predicted molar refractivity (Wildman–Crippen MR) is 83.6 cm³/mol. The Balaban J connectivity index is 1.61. The van der Waals surface area contributed by atoms with Gasteiger partial charge in [0, 0.05) is 17.5 Å². The molecule has 1 fully saturated rings. The van der Waals surface area contributed by atoms with E-state index in [-0.39, 0.29) is 0 Å². The van der Waals surface area contributed by atoms with E-state index in [0.29, 0.717) is 24.5 Å². The number of aryl methyl sites for hydroxylation is 1. The molecule has 2 aliphatic carbocycles. The van der Waals surface area contributed by atoms with Crippen molar-refractivity contribution in [2.24, 2.45) is 11.8 Å². The first-order chi connectivity index (χ1) is 9.28. The number of hydrogen-bond acceptors (Lipinski definition) is 3. The molecule has 0 amide bonds. The highest BCUT2D eigenvalue weighted by molar-refractivity contribution is 9.11. The SMILES string of the molecule is OCC1CCCC1CNC1CCCc2sc(Br)cc21. The Labute approximate surface area is 127 Å². The molecule has 3 unspecified atom stereocenters. The van der Waals surface area contributed by atoms with Gasteiger partial charge in [0.05, 0.1) is 3.79 Å². The van der Waals surface area contributed by atoms with Crippen LogP contribution in [-0.2, 0) is 6.42 Å². The maximum absolute atomic E-state index is 9.40. The smallest absolute Gasteiger partial charge is 0.0704 e. The highest BCUT2D eigenvalue weighted by atomic mass is 79.9. The van der Waals surface area contributed by atoms with E-state index in [1.807, 2.05) is 11.3 Å². The van der Waals surface area contributed by atoms with Crippen LogP contribution in [-0.4, -0.2) is 18.3 Å². The van der Waals surface area contributed by atoms with Gasteiger partial charge in [-0.15, -0.1) is 11.3 Å². The average Bonchev–Trinajstić information content (AvgIpc) is 3.00. The maximum Gasteiger partial charge on any atom is 0.0704 e. The molecular weight excluding hydrogens is 322 g/mol. The maximum atomic E-state index is 9.40. The molecule has 1 heterocycles. The molecule has 4 heteroatoms. The number of nitrogens with one attached hydrogen (secondary N) is 1. The fourth-order valence-corrected chi connectivity index (χ4v) is 5.47. The van der Waals surface area contributed by atoms with Crippen molar-refractivity contribution in [3.63, 3.8) is 0 Å². The monoisotopic (exact) mass is 343 g/mol. The van der Waals surface area contributed by atoms with Crippen molar-refractivity contribution in [2.75, 3.05) is 13.2 Å². The molecule has 0 bridgehead atoms. The quantitative estimate of drug-likeness (QED) is 0.869. The number of hydrogen-bond donors (Lipinski definition) is 2. The largest absolute Gasteiger partial charge is 0.396 e. The van der Waals surface area contributed by atoms with E-state index in [1.165, 1.54) is 47.9 Å². The molecule has 19 heavy (non-hydrogen) atoms. The molecule has 1 saturated carbocycles. The van der Waals surface area contributed by atoms with Crippen LogP contribution in [0.4, 0.5) is 0 Å². The van der Waals surface area contributed by atoms with Crippen LogP contribution in [0.3, 0.4) is 0 Å². The second kappa shape index (κ2) is 6.25. The van der Waals surface area contributed by atoms with Crippen molar-refractivity contribution in [1.29, 1.82) is 0 Å². The number of aliphatic hydroxyl groups excluding tert-OH is 1. The number of rotatable bonds is 4. The number of thiophene rings is 1. The number of aliphatic hydroxyl groups is 1. The number of halogens is 1. The van der Waals surface area contributed by atoms with Gasteiger partial charge in [-0.25, -0.2) is 0 Å². The van der Waals surface area contributed by atoms with E-state index in [4.69, 9.17) is 0 Å². The summed E-state index contributed by atoms with van der Waals surface area (Å²) in [5, 5.41) is 13.2. The van der Waals surface area contributed by atoms with E-state index < -0.39 is 0 Å². The lowest BCUT2D eigenvalue weighted by molar-refractivity contribution is 0.189. The van der Waals surface area contributed by atoms with Gasteiger partial charge >= 0.3 is 0 Å². The fraction of sp³-hybridized carbons (Fsp3) is 0.733. The Morgan fingerprint density at radius 1 is 1.26 bits per heavy atom. The van der Waals surface area contributed by atoms with Crippen LogP contribution in [0, 0.1) is 11.8 Å². The second-order valence-corrected chi connectivity index (χ2v) is 8.43. The van der Waals surface area contributed by atoms with Gasteiger partial charge in [-0.05, 0) is 78.0 Å². The Morgan fingerprint density at radius 2 is 2.11 bits per heavy atom. The molecule has 0 saturated heterocycles. The van der Waals surface area contributed by atoms with Crippen molar-refractivity contribution in [1.82, 2.24) is 5.32 Å². The van der Waals surface area contributed by atoms with Crippen molar-refractivity contribution in [2.45, 2.75) is 44.6 Å². The summed E-state index contributed by atoms with van der Waals surface area (Å²) in [6.45, 7) is 1.44. The molecule has 3 atom stereocenters. The van der Waals surface area contributed by atoms with Gasteiger partial charge in [-0.2, -0.15) is 0 Å². The van der Waals surface area contributed by atoms with E-state index in [0.717, 1.165) is 6.54 Å². The standard InChI is InChI=1S/C15H22BrNOS/c16-15-7-12-13(5-2-6-14(12)19-15)17-8-10-3-1-4-11(10)9-18/h7,10-11,13,17-18H,1-6,8-9H2. The van der Waals surface area contributed by atoms with Crippen LogP contribution in [0.1, 0.15) is 48.6 Å². The summed E-state index contributed by atoms with van der Waals surface area (Å²) in [6.07, 6.45) is 7.58. The third-order valence-electron chi connectivity index (χ3n) is 4.76. The summed E-state index contributed by atoms with van der Waals surface area (Å²) in [6, 6.07) is 2.83. The minimum absolute atomic E-state index is 0.367. The van der Waals surface area contributed by atoms with Crippen molar-refractivity contribution in [3.8, 4) is 0 Å². The van der Waals surface area contributed by atoms with E-state index in [9.17, 15) is 5.11 Å². The highest BCUT2D eigenvalue weighted by Gasteiger charge is 2.28. The average molecular weight is 344 g/mol. The van der Waals surface area contributed by atoms with E-state index >= 15 is 0 Å². The number of fused-ring (bicyclic) bond motifs is 1. The summed E-state index contributed by atoms with van der Waals surface area (Å²) in [5.74, 6) is 1.21. The van der Waals surface area contributed by atoms with Crippen LogP contribution >= 0.6 is 27.3 Å². The summed E-state index contributed by atoms with van der Waals surface area (Å²) in [4.78, 5) is 1.56. The molecule has 106 valence electrons. The van der Waals surface area contributed by atoms with Gasteiger partial charge in [-0.3, -0.25) is 0 Å². The minimum atomic E-state index is 0.367. The molecule has 1 aromatic rings. The Hall–Kier alpha value is 0.100. The third-order valence-corrected chi connectivity index (χ3v) is 6.47. The lowest BCUT2D eigenvalue weighted by Crippen LogP contribution is -2.31. The summed E-state index contributed by atoms with van der Waals surface area (Å²) < 4.78 is 1.26. The molecule has 0 radical (unpaired) electrons. The molecule has 3 rings (SSSR count). The first-order valence-corrected chi connectivity index (χ1v) is 9.01. The zero-order valence-electron chi connectivity index (χ0n) is 11.2. The molecule has 1 aromatic heterocycles. The normalized spacial score (nSPS) is 30.5. The second-order valence-electron chi connectivity index (χ2n) is 5.92. The molecule has 0 aliphatic heterocycles. The minimum Gasteiger partial charge on any atom is -0.396 e. The third kappa shape index (κ3) is 3.07. The molecule has 2 nitrogen and oxygen atoms in total. The van der Waals surface area contributed by atoms with Gasteiger partial charge < -0.3 is 10.4 Å². The van der Waals surface area contributed by atoms with E-state index in [1.54, 1.807) is 4.88 Å². The van der Waals surface area contributed by atoms with E-state index in [2.05, 4.69) is 27.3 Å². The van der Waals surface area contributed by atoms with Gasteiger partial charge in [0.2, 0.25) is 0 Å². The van der Waals surface area contributed by atoms with Crippen LogP contribution in [0.25, 0.3) is 0 Å². The zero-order chi connectivity index (χ0) is 13.2. The van der Waals surface area contributed by atoms with Gasteiger partial charge in [0.15, 0.2) is 0 Å². The van der Waals surface area contributed by atoms with Crippen molar-refractivity contribution < 1.29 is 5.11 Å². The Bertz CT molecular complexity index is 434. The molecule has 2 N–H and O–H groups in total. The Morgan fingerprint density at radius 3 is 2.95 bits per heavy atom. The van der Waals surface area contributed by atoms with Gasteiger partial charge in [0.25, 0.3) is 0 Å². The van der Waals surface area contributed by atoms with Crippen molar-refractivity contribution >= 4 is 27.3 Å². The lowest BCUT2D eigenvalue weighted by Gasteiger charge is -2.26. The van der Waals surface area contributed by atoms with Crippen LogP contribution < -0.4 is 5.32 Å². The van der Waals surface area contributed by atoms with Gasteiger partial charge in [0.1, 0.15) is 0 Å².